The van der Waals surface area contributed by atoms with Gasteiger partial charge in [0.05, 0.1) is 12.5 Å². The third-order valence-corrected chi connectivity index (χ3v) is 1.90. The van der Waals surface area contributed by atoms with Gasteiger partial charge in [-0.15, -0.1) is 0 Å². The lowest BCUT2D eigenvalue weighted by atomic mass is 9.95. The quantitative estimate of drug-likeness (QED) is 0.680. The maximum absolute atomic E-state index is 11.5. The highest BCUT2D eigenvalue weighted by atomic mass is 16.4. The van der Waals surface area contributed by atoms with Gasteiger partial charge in [-0.25, -0.2) is 0 Å². The van der Waals surface area contributed by atoms with Crippen LogP contribution in [-0.4, -0.2) is 22.9 Å². The summed E-state index contributed by atoms with van der Waals surface area (Å²) in [6.07, 6.45) is 7.42. The van der Waals surface area contributed by atoms with Gasteiger partial charge in [-0.2, -0.15) is 0 Å². The van der Waals surface area contributed by atoms with Gasteiger partial charge < -0.3 is 10.8 Å². The molecule has 1 aliphatic carbocycles. The van der Waals surface area contributed by atoms with Gasteiger partial charge in [0.1, 0.15) is 0 Å². The number of ketones is 1. The van der Waals surface area contributed by atoms with Crippen LogP contribution in [0.1, 0.15) is 12.8 Å². The van der Waals surface area contributed by atoms with Crippen molar-refractivity contribution in [2.75, 3.05) is 0 Å². The summed E-state index contributed by atoms with van der Waals surface area (Å²) in [4.78, 5) is 21.8. The molecule has 0 heterocycles. The zero-order chi connectivity index (χ0) is 10.6. The minimum Gasteiger partial charge on any atom is -0.481 e. The Morgan fingerprint density at radius 1 is 1.57 bits per heavy atom. The van der Waals surface area contributed by atoms with E-state index < -0.39 is 12.0 Å². The Labute approximate surface area is 82.1 Å². The number of carbonyl (C=O) groups is 2. The van der Waals surface area contributed by atoms with Crippen LogP contribution in [-0.2, 0) is 9.59 Å². The fourth-order valence-electron chi connectivity index (χ4n) is 1.19. The van der Waals surface area contributed by atoms with Crippen LogP contribution in [0.3, 0.4) is 0 Å². The lowest BCUT2D eigenvalue weighted by Crippen LogP contribution is -2.34. The summed E-state index contributed by atoms with van der Waals surface area (Å²) in [5.41, 5.74) is 5.93. The fourth-order valence-corrected chi connectivity index (χ4v) is 1.19. The van der Waals surface area contributed by atoms with Crippen LogP contribution in [0.25, 0.3) is 0 Å². The Bertz CT molecular complexity index is 304. The standard InChI is InChI=1S/C10H12NO3/c11-8(6-9(12)13)10(14)7-4-2-1-3-5-7/h1-2,4-5,8H,3,6,11H2,(H,12,13)/t8-/m0/s1. The third-order valence-electron chi connectivity index (χ3n) is 1.90. The van der Waals surface area contributed by atoms with Gasteiger partial charge in [0, 0.05) is 5.57 Å². The summed E-state index contributed by atoms with van der Waals surface area (Å²) in [7, 11) is 0. The molecular formula is C10H12NO3. The smallest absolute Gasteiger partial charge is 0.305 e. The summed E-state index contributed by atoms with van der Waals surface area (Å²) >= 11 is 0. The molecule has 4 nitrogen and oxygen atoms in total. The zero-order valence-corrected chi connectivity index (χ0v) is 7.64. The van der Waals surface area contributed by atoms with Crippen LogP contribution >= 0.6 is 0 Å². The summed E-state index contributed by atoms with van der Waals surface area (Å²) in [5, 5.41) is 8.46. The van der Waals surface area contributed by atoms with Gasteiger partial charge >= 0.3 is 5.97 Å². The molecule has 0 fully saturated rings. The van der Waals surface area contributed by atoms with E-state index >= 15 is 0 Å². The van der Waals surface area contributed by atoms with Crippen molar-refractivity contribution in [3.63, 3.8) is 0 Å². The molecule has 1 radical (unpaired) electrons. The van der Waals surface area contributed by atoms with Crippen molar-refractivity contribution >= 4 is 11.8 Å². The van der Waals surface area contributed by atoms with E-state index in [1.54, 1.807) is 18.6 Å². The summed E-state index contributed by atoms with van der Waals surface area (Å²) < 4.78 is 0. The number of hydrogen-bond donors (Lipinski definition) is 2. The third kappa shape index (κ3) is 2.81. The molecule has 75 valence electrons. The molecule has 0 unspecified atom stereocenters. The van der Waals surface area contributed by atoms with Crippen LogP contribution in [0, 0.1) is 6.42 Å². The monoisotopic (exact) mass is 194 g/mol. The van der Waals surface area contributed by atoms with Crippen LogP contribution < -0.4 is 5.73 Å². The van der Waals surface area contributed by atoms with Gasteiger partial charge in [-0.05, 0) is 12.8 Å². The second-order valence-electron chi connectivity index (χ2n) is 3.06. The molecule has 0 bridgehead atoms. The SMILES string of the molecule is N[C@@H](CC(=O)O)C(=O)C1=CC=CC[CH]1. The number of nitrogens with two attached hydrogens (primary N) is 1. The van der Waals surface area contributed by atoms with Crippen molar-refractivity contribution in [1.82, 2.24) is 0 Å². The largest absolute Gasteiger partial charge is 0.481 e. The predicted molar refractivity (Wildman–Crippen MR) is 51.4 cm³/mol. The first-order valence-electron chi connectivity index (χ1n) is 4.33. The van der Waals surface area contributed by atoms with E-state index in [1.165, 1.54) is 0 Å². The molecule has 1 atom stereocenters. The number of carboxylic acids is 1. The number of hydrogen-bond acceptors (Lipinski definition) is 3. The lowest BCUT2D eigenvalue weighted by molar-refractivity contribution is -0.138. The van der Waals surface area contributed by atoms with Gasteiger partial charge in [-0.3, -0.25) is 9.59 Å². The van der Waals surface area contributed by atoms with Crippen LogP contribution in [0.5, 0.6) is 0 Å². The van der Waals surface area contributed by atoms with Crippen molar-refractivity contribution in [3.05, 3.63) is 30.2 Å². The Morgan fingerprint density at radius 3 is 2.79 bits per heavy atom. The maximum atomic E-state index is 11.5. The Balaban J connectivity index is 2.60. The molecule has 1 aliphatic rings. The molecule has 0 aromatic rings. The first-order valence-corrected chi connectivity index (χ1v) is 4.33. The molecule has 0 aromatic heterocycles. The van der Waals surface area contributed by atoms with Gasteiger partial charge in [-0.1, -0.05) is 18.2 Å². The first-order chi connectivity index (χ1) is 6.61. The second kappa shape index (κ2) is 4.72. The highest BCUT2D eigenvalue weighted by Crippen LogP contribution is 2.13. The molecule has 0 aliphatic heterocycles. The average molecular weight is 194 g/mol. The van der Waals surface area contributed by atoms with E-state index in [9.17, 15) is 9.59 Å². The van der Waals surface area contributed by atoms with Crippen LogP contribution in [0.4, 0.5) is 0 Å². The predicted octanol–water partition coefficient (Wildman–Crippen LogP) is 0.448. The minimum atomic E-state index is -1.06. The highest BCUT2D eigenvalue weighted by Gasteiger charge is 2.20. The van der Waals surface area contributed by atoms with Crippen molar-refractivity contribution in [1.29, 1.82) is 0 Å². The molecule has 14 heavy (non-hydrogen) atoms. The lowest BCUT2D eigenvalue weighted by Gasteiger charge is -2.11. The Hall–Kier alpha value is -1.42. The number of allylic oxidation sites excluding steroid dienone is 3. The first kappa shape index (κ1) is 10.7. The van der Waals surface area contributed by atoms with E-state index in [2.05, 4.69) is 0 Å². The molecular weight excluding hydrogens is 182 g/mol. The molecule has 0 spiro atoms. The van der Waals surface area contributed by atoms with Crippen molar-refractivity contribution in [2.24, 2.45) is 5.73 Å². The molecule has 1 rings (SSSR count). The highest BCUT2D eigenvalue weighted by molar-refractivity contribution is 6.03. The van der Waals surface area contributed by atoms with E-state index in [0.717, 1.165) is 0 Å². The van der Waals surface area contributed by atoms with Gasteiger partial charge in [0.25, 0.3) is 0 Å². The fraction of sp³-hybridized carbons (Fsp3) is 0.300. The van der Waals surface area contributed by atoms with Crippen molar-refractivity contribution in [3.8, 4) is 0 Å². The van der Waals surface area contributed by atoms with Crippen LogP contribution in [0.2, 0.25) is 0 Å². The Morgan fingerprint density at radius 2 is 2.29 bits per heavy atom. The second-order valence-corrected chi connectivity index (χ2v) is 3.06. The Kier molecular flexibility index (Phi) is 3.59. The molecule has 3 N–H and O–H groups in total. The van der Waals surface area contributed by atoms with Crippen molar-refractivity contribution in [2.45, 2.75) is 18.9 Å². The van der Waals surface area contributed by atoms with Crippen molar-refractivity contribution < 1.29 is 14.7 Å². The maximum Gasteiger partial charge on any atom is 0.305 e. The number of Topliss-reactive ketones (excluding diaryl/α,β-unsaturated/α-hetero) is 1. The molecule has 0 saturated heterocycles. The number of carboxylic acid groups (broad SMARTS) is 1. The zero-order valence-electron chi connectivity index (χ0n) is 7.64. The molecule has 4 heteroatoms. The molecule has 0 aromatic carbocycles. The summed E-state index contributed by atoms with van der Waals surface area (Å²) in [6, 6.07) is -0.943. The van der Waals surface area contributed by atoms with Gasteiger partial charge in [0.2, 0.25) is 0 Å². The van der Waals surface area contributed by atoms with Gasteiger partial charge in [0.15, 0.2) is 5.78 Å². The number of rotatable bonds is 4. The molecule has 0 amide bonds. The van der Waals surface area contributed by atoms with E-state index in [1.807, 2.05) is 6.08 Å². The number of aliphatic carboxylic acids is 1. The topological polar surface area (TPSA) is 80.4 Å². The van der Waals surface area contributed by atoms with E-state index in [4.69, 9.17) is 10.8 Å². The minimum absolute atomic E-state index is 0.309. The van der Waals surface area contributed by atoms with E-state index in [0.29, 0.717) is 12.0 Å². The summed E-state index contributed by atoms with van der Waals surface area (Å²) in [6.45, 7) is 0. The van der Waals surface area contributed by atoms with E-state index in [-0.39, 0.29) is 12.2 Å². The number of carbonyl (C=O) groups excluding carboxylic acids is 1. The summed E-state index contributed by atoms with van der Waals surface area (Å²) in [5.74, 6) is -1.37. The van der Waals surface area contributed by atoms with Crippen LogP contribution in [0.15, 0.2) is 23.8 Å². The average Bonchev–Trinajstić information content (AvgIpc) is 2.17. The molecule has 0 saturated carbocycles. The normalized spacial score (nSPS) is 17.4.